The summed E-state index contributed by atoms with van der Waals surface area (Å²) in [5.74, 6) is 0.397. The third kappa shape index (κ3) is 2.00. The van der Waals surface area contributed by atoms with E-state index in [0.29, 0.717) is 22.0 Å². The van der Waals surface area contributed by atoms with Crippen LogP contribution in [0.25, 0.3) is 10.2 Å². The highest BCUT2D eigenvalue weighted by Crippen LogP contribution is 2.37. The summed E-state index contributed by atoms with van der Waals surface area (Å²) in [7, 11) is 0. The molecule has 110 valence electrons. The average molecular weight is 311 g/mol. The number of ether oxygens (including phenoxy) is 1. The number of aryl methyl sites for hydroxylation is 1. The molecule has 22 heavy (non-hydrogen) atoms. The number of nitrogens with one attached hydrogen (secondary N) is 1. The Morgan fingerprint density at radius 1 is 1.32 bits per heavy atom. The van der Waals surface area contributed by atoms with E-state index < -0.39 is 6.23 Å². The molecule has 5 nitrogen and oxygen atoms in total. The van der Waals surface area contributed by atoms with Crippen molar-refractivity contribution in [1.29, 1.82) is 0 Å². The Labute approximate surface area is 130 Å². The number of carbonyl (C=O) groups is 1. The molecular formula is C16H13N3O2S. The smallest absolute Gasteiger partial charge is 0.259 e. The van der Waals surface area contributed by atoms with E-state index in [1.807, 2.05) is 37.3 Å². The number of nitrogens with zero attached hydrogens (tertiary/aromatic N) is 1. The molecule has 4 rings (SSSR count). The van der Waals surface area contributed by atoms with Gasteiger partial charge in [0.2, 0.25) is 0 Å². The SMILES string of the molecule is Cc1cccc(C2NC(=O)c3c(ccc4nc(N)sc34)O2)c1. The summed E-state index contributed by atoms with van der Waals surface area (Å²) in [4.78, 5) is 16.7. The van der Waals surface area contributed by atoms with Crippen LogP contribution in [0.5, 0.6) is 5.75 Å². The maximum absolute atomic E-state index is 12.5. The summed E-state index contributed by atoms with van der Waals surface area (Å²) in [6.45, 7) is 2.01. The molecule has 0 spiro atoms. The van der Waals surface area contributed by atoms with Crippen molar-refractivity contribution in [3.05, 3.63) is 53.1 Å². The van der Waals surface area contributed by atoms with Crippen LogP contribution in [0.2, 0.25) is 0 Å². The Hall–Kier alpha value is -2.60. The number of nitrogen functional groups attached to an aromatic ring is 1. The van der Waals surface area contributed by atoms with Crippen LogP contribution in [0.3, 0.4) is 0 Å². The lowest BCUT2D eigenvalue weighted by molar-refractivity contribution is 0.0760. The van der Waals surface area contributed by atoms with Crippen LogP contribution in [0.1, 0.15) is 27.7 Å². The van der Waals surface area contributed by atoms with Crippen molar-refractivity contribution < 1.29 is 9.53 Å². The maximum atomic E-state index is 12.5. The molecule has 1 aromatic heterocycles. The highest BCUT2D eigenvalue weighted by atomic mass is 32.1. The summed E-state index contributed by atoms with van der Waals surface area (Å²) < 4.78 is 6.73. The zero-order valence-corrected chi connectivity index (χ0v) is 12.6. The molecule has 1 atom stereocenters. The van der Waals surface area contributed by atoms with E-state index in [4.69, 9.17) is 10.5 Å². The molecule has 0 saturated heterocycles. The van der Waals surface area contributed by atoms with E-state index in [-0.39, 0.29) is 5.91 Å². The largest absolute Gasteiger partial charge is 0.466 e. The Bertz CT molecular complexity index is 904. The summed E-state index contributed by atoms with van der Waals surface area (Å²) in [6.07, 6.45) is -0.484. The normalized spacial score (nSPS) is 17.0. The molecule has 1 aliphatic rings. The second-order valence-corrected chi connectivity index (χ2v) is 6.26. The highest BCUT2D eigenvalue weighted by Gasteiger charge is 2.29. The van der Waals surface area contributed by atoms with Gasteiger partial charge in [-0.05, 0) is 19.1 Å². The first kappa shape index (κ1) is 13.1. The monoisotopic (exact) mass is 311 g/mol. The Morgan fingerprint density at radius 3 is 3.00 bits per heavy atom. The lowest BCUT2D eigenvalue weighted by Crippen LogP contribution is -2.36. The van der Waals surface area contributed by atoms with Crippen LogP contribution >= 0.6 is 11.3 Å². The standard InChI is InChI=1S/C16H13N3O2S/c1-8-3-2-4-9(7-8)15-19-14(20)12-11(21-15)6-5-10-13(12)22-16(17)18-10/h2-7,15H,1H3,(H2,17,18)(H,19,20). The first-order chi connectivity index (χ1) is 10.6. The molecule has 0 bridgehead atoms. The number of carbonyl (C=O) groups excluding carboxylic acids is 1. The van der Waals surface area contributed by atoms with Gasteiger partial charge in [0, 0.05) is 5.56 Å². The van der Waals surface area contributed by atoms with Gasteiger partial charge in [0.1, 0.15) is 11.3 Å². The average Bonchev–Trinajstić information content (AvgIpc) is 2.87. The minimum atomic E-state index is -0.484. The number of anilines is 1. The first-order valence-corrected chi connectivity index (χ1v) is 7.66. The predicted octanol–water partition coefficient (Wildman–Crippen LogP) is 3.01. The van der Waals surface area contributed by atoms with Crippen molar-refractivity contribution in [1.82, 2.24) is 10.3 Å². The van der Waals surface area contributed by atoms with E-state index in [9.17, 15) is 4.79 Å². The molecule has 1 amide bonds. The number of benzene rings is 2. The van der Waals surface area contributed by atoms with Crippen molar-refractivity contribution >= 4 is 32.6 Å². The van der Waals surface area contributed by atoms with Gasteiger partial charge >= 0.3 is 0 Å². The van der Waals surface area contributed by atoms with E-state index >= 15 is 0 Å². The van der Waals surface area contributed by atoms with Crippen molar-refractivity contribution in [2.75, 3.05) is 5.73 Å². The summed E-state index contributed by atoms with van der Waals surface area (Å²) >= 11 is 1.30. The Kier molecular flexibility index (Phi) is 2.80. The zero-order valence-electron chi connectivity index (χ0n) is 11.8. The van der Waals surface area contributed by atoms with Crippen LogP contribution in [-0.4, -0.2) is 10.9 Å². The summed E-state index contributed by atoms with van der Waals surface area (Å²) in [6, 6.07) is 11.5. The van der Waals surface area contributed by atoms with E-state index in [1.54, 1.807) is 6.07 Å². The number of amides is 1. The molecule has 2 aromatic carbocycles. The van der Waals surface area contributed by atoms with Gasteiger partial charge in [0.05, 0.1) is 10.2 Å². The molecule has 0 radical (unpaired) electrons. The molecule has 1 unspecified atom stereocenters. The van der Waals surface area contributed by atoms with Gasteiger partial charge in [-0.1, -0.05) is 41.2 Å². The number of hydrogen-bond donors (Lipinski definition) is 2. The molecule has 6 heteroatoms. The van der Waals surface area contributed by atoms with Gasteiger partial charge in [-0.15, -0.1) is 0 Å². The van der Waals surface area contributed by atoms with Crippen LogP contribution in [0.4, 0.5) is 5.13 Å². The van der Waals surface area contributed by atoms with Gasteiger partial charge < -0.3 is 15.8 Å². The fourth-order valence-corrected chi connectivity index (χ4v) is 3.50. The van der Waals surface area contributed by atoms with Crippen LogP contribution in [0.15, 0.2) is 36.4 Å². The second-order valence-electron chi connectivity index (χ2n) is 5.22. The lowest BCUT2D eigenvalue weighted by atomic mass is 10.1. The van der Waals surface area contributed by atoms with Gasteiger partial charge in [0.15, 0.2) is 11.4 Å². The number of aromatic nitrogens is 1. The van der Waals surface area contributed by atoms with E-state index in [2.05, 4.69) is 10.3 Å². The first-order valence-electron chi connectivity index (χ1n) is 6.85. The molecule has 0 saturated carbocycles. The molecule has 1 aliphatic heterocycles. The van der Waals surface area contributed by atoms with Gasteiger partial charge in [-0.25, -0.2) is 4.98 Å². The third-order valence-corrected chi connectivity index (χ3v) is 4.53. The van der Waals surface area contributed by atoms with Crippen molar-refractivity contribution in [3.8, 4) is 5.75 Å². The topological polar surface area (TPSA) is 77.2 Å². The Balaban J connectivity index is 1.81. The zero-order chi connectivity index (χ0) is 15.3. The Morgan fingerprint density at radius 2 is 2.18 bits per heavy atom. The fraction of sp³-hybridized carbons (Fsp3) is 0.125. The molecule has 3 aromatic rings. The molecular weight excluding hydrogens is 298 g/mol. The van der Waals surface area contributed by atoms with Gasteiger partial charge in [-0.2, -0.15) is 0 Å². The fourth-order valence-electron chi connectivity index (χ4n) is 2.64. The van der Waals surface area contributed by atoms with Gasteiger partial charge in [0.25, 0.3) is 5.91 Å². The molecule has 2 heterocycles. The molecule has 3 N–H and O–H groups in total. The number of rotatable bonds is 1. The maximum Gasteiger partial charge on any atom is 0.259 e. The number of hydrogen-bond acceptors (Lipinski definition) is 5. The predicted molar refractivity (Wildman–Crippen MR) is 86.0 cm³/mol. The van der Waals surface area contributed by atoms with Crippen LogP contribution in [-0.2, 0) is 0 Å². The number of nitrogens with two attached hydrogens (primary N) is 1. The van der Waals surface area contributed by atoms with Gasteiger partial charge in [-0.3, -0.25) is 4.79 Å². The van der Waals surface area contributed by atoms with E-state index in [0.717, 1.165) is 15.8 Å². The summed E-state index contributed by atoms with van der Waals surface area (Å²) in [5, 5.41) is 3.34. The number of thiazole rings is 1. The number of fused-ring (bicyclic) bond motifs is 3. The molecule has 0 fully saturated rings. The minimum absolute atomic E-state index is 0.165. The summed E-state index contributed by atoms with van der Waals surface area (Å²) in [5.41, 5.74) is 9.00. The van der Waals surface area contributed by atoms with Crippen LogP contribution < -0.4 is 15.8 Å². The molecule has 0 aliphatic carbocycles. The quantitative estimate of drug-likeness (QED) is 0.724. The van der Waals surface area contributed by atoms with Crippen LogP contribution in [0, 0.1) is 6.92 Å². The van der Waals surface area contributed by atoms with E-state index in [1.165, 1.54) is 11.3 Å². The van der Waals surface area contributed by atoms with Crippen molar-refractivity contribution in [2.24, 2.45) is 0 Å². The lowest BCUT2D eigenvalue weighted by Gasteiger charge is -2.27. The highest BCUT2D eigenvalue weighted by molar-refractivity contribution is 7.22. The van der Waals surface area contributed by atoms with Crippen molar-refractivity contribution in [3.63, 3.8) is 0 Å². The minimum Gasteiger partial charge on any atom is -0.466 e. The van der Waals surface area contributed by atoms with Crippen molar-refractivity contribution in [2.45, 2.75) is 13.2 Å². The third-order valence-electron chi connectivity index (χ3n) is 3.61. The second kappa shape index (κ2) is 4.71.